The van der Waals surface area contributed by atoms with Crippen LogP contribution in [0.15, 0.2) is 12.4 Å². The predicted octanol–water partition coefficient (Wildman–Crippen LogP) is 0.980. The van der Waals surface area contributed by atoms with Crippen molar-refractivity contribution in [1.82, 2.24) is 19.6 Å². The van der Waals surface area contributed by atoms with Crippen molar-refractivity contribution in [1.29, 1.82) is 0 Å². The summed E-state index contributed by atoms with van der Waals surface area (Å²) in [5, 5.41) is 13.2. The summed E-state index contributed by atoms with van der Waals surface area (Å²) in [5.41, 5.74) is 0.787. The molecule has 0 aliphatic carbocycles. The molecule has 0 aliphatic rings. The lowest BCUT2D eigenvalue weighted by Crippen LogP contribution is -2.34. The van der Waals surface area contributed by atoms with Crippen LogP contribution in [0, 0.1) is 12.8 Å². The average Bonchev–Trinajstić information content (AvgIpc) is 2.73. The zero-order chi connectivity index (χ0) is 14.0. The zero-order valence-electron chi connectivity index (χ0n) is 11.2. The van der Waals surface area contributed by atoms with Gasteiger partial charge in [0.05, 0.1) is 0 Å². The van der Waals surface area contributed by atoms with E-state index in [1.54, 1.807) is 9.42 Å². The largest absolute Gasteiger partial charge is 0.480 e. The van der Waals surface area contributed by atoms with Crippen molar-refractivity contribution in [3.05, 3.63) is 18.1 Å². The van der Waals surface area contributed by atoms with Crippen LogP contribution in [0.5, 0.6) is 0 Å². The highest BCUT2D eigenvalue weighted by molar-refractivity contribution is 5.73. The Morgan fingerprint density at radius 3 is 2.89 bits per heavy atom. The van der Waals surface area contributed by atoms with Gasteiger partial charge < -0.3 is 10.0 Å². The smallest absolute Gasteiger partial charge is 0.323 e. The van der Waals surface area contributed by atoms with Crippen LogP contribution in [0.1, 0.15) is 19.5 Å². The maximum atomic E-state index is 11.0. The minimum atomic E-state index is -0.872. The SMILES string of the molecule is Cc1cc(N(CC(=O)O)CC(C)C)n2ncnc2n1. The minimum Gasteiger partial charge on any atom is -0.480 e. The van der Waals surface area contributed by atoms with Crippen LogP contribution in [0.25, 0.3) is 5.78 Å². The molecule has 19 heavy (non-hydrogen) atoms. The summed E-state index contributed by atoms with van der Waals surface area (Å²) in [4.78, 5) is 21.1. The van der Waals surface area contributed by atoms with Gasteiger partial charge in [-0.3, -0.25) is 4.79 Å². The van der Waals surface area contributed by atoms with Crippen molar-refractivity contribution in [2.45, 2.75) is 20.8 Å². The van der Waals surface area contributed by atoms with E-state index >= 15 is 0 Å². The number of aromatic nitrogens is 4. The molecule has 2 aromatic heterocycles. The summed E-state index contributed by atoms with van der Waals surface area (Å²) in [6.07, 6.45) is 1.42. The maximum absolute atomic E-state index is 11.0. The fourth-order valence-electron chi connectivity index (χ4n) is 1.98. The van der Waals surface area contributed by atoms with Crippen molar-refractivity contribution in [3.8, 4) is 0 Å². The second kappa shape index (κ2) is 5.21. The first-order valence-corrected chi connectivity index (χ1v) is 6.11. The molecule has 7 nitrogen and oxygen atoms in total. The Bertz CT molecular complexity index is 593. The van der Waals surface area contributed by atoms with E-state index in [1.807, 2.05) is 26.8 Å². The maximum Gasteiger partial charge on any atom is 0.323 e. The number of rotatable bonds is 5. The van der Waals surface area contributed by atoms with E-state index in [1.165, 1.54) is 6.33 Å². The van der Waals surface area contributed by atoms with Crippen molar-refractivity contribution >= 4 is 17.6 Å². The van der Waals surface area contributed by atoms with Crippen LogP contribution < -0.4 is 4.90 Å². The molecule has 0 spiro atoms. The molecule has 0 bridgehead atoms. The highest BCUT2D eigenvalue weighted by Crippen LogP contribution is 2.17. The second-order valence-electron chi connectivity index (χ2n) is 4.90. The molecule has 0 aliphatic heterocycles. The molecular formula is C12H17N5O2. The van der Waals surface area contributed by atoms with E-state index in [4.69, 9.17) is 5.11 Å². The van der Waals surface area contributed by atoms with Gasteiger partial charge in [-0.05, 0) is 12.8 Å². The fraction of sp³-hybridized carbons (Fsp3) is 0.500. The number of carboxylic acids is 1. The van der Waals surface area contributed by atoms with E-state index in [0.29, 0.717) is 24.1 Å². The third-order valence-corrected chi connectivity index (χ3v) is 2.60. The molecular weight excluding hydrogens is 246 g/mol. The van der Waals surface area contributed by atoms with Crippen molar-refractivity contribution in [3.63, 3.8) is 0 Å². The molecule has 0 saturated heterocycles. The van der Waals surface area contributed by atoms with Crippen LogP contribution >= 0.6 is 0 Å². The summed E-state index contributed by atoms with van der Waals surface area (Å²) in [6, 6.07) is 1.83. The molecule has 2 aromatic rings. The van der Waals surface area contributed by atoms with Crippen molar-refractivity contribution in [2.24, 2.45) is 5.92 Å². The van der Waals surface area contributed by atoms with Gasteiger partial charge in [0, 0.05) is 18.3 Å². The number of aliphatic carboxylic acids is 1. The van der Waals surface area contributed by atoms with Gasteiger partial charge >= 0.3 is 5.97 Å². The molecule has 2 rings (SSSR count). The Hall–Kier alpha value is -2.18. The predicted molar refractivity (Wildman–Crippen MR) is 70.2 cm³/mol. The lowest BCUT2D eigenvalue weighted by molar-refractivity contribution is -0.135. The third-order valence-electron chi connectivity index (χ3n) is 2.60. The third kappa shape index (κ3) is 2.98. The number of hydrogen-bond donors (Lipinski definition) is 1. The Labute approximate surface area is 110 Å². The number of hydrogen-bond acceptors (Lipinski definition) is 5. The molecule has 7 heteroatoms. The zero-order valence-corrected chi connectivity index (χ0v) is 11.2. The summed E-state index contributed by atoms with van der Waals surface area (Å²) in [7, 11) is 0. The van der Waals surface area contributed by atoms with Gasteiger partial charge in [-0.2, -0.15) is 14.6 Å². The summed E-state index contributed by atoms with van der Waals surface area (Å²) >= 11 is 0. The Balaban J connectivity index is 2.47. The molecule has 0 fully saturated rings. The topological polar surface area (TPSA) is 83.6 Å². The van der Waals surface area contributed by atoms with Crippen LogP contribution in [-0.4, -0.2) is 43.7 Å². The number of nitrogens with zero attached hydrogens (tertiary/aromatic N) is 5. The van der Waals surface area contributed by atoms with Crippen LogP contribution in [0.4, 0.5) is 5.82 Å². The van der Waals surface area contributed by atoms with Gasteiger partial charge in [0.25, 0.3) is 5.78 Å². The highest BCUT2D eigenvalue weighted by atomic mass is 16.4. The minimum absolute atomic E-state index is 0.0728. The van der Waals surface area contributed by atoms with E-state index in [-0.39, 0.29) is 6.54 Å². The van der Waals surface area contributed by atoms with Gasteiger partial charge in [-0.15, -0.1) is 0 Å². The number of aryl methyl sites for hydroxylation is 1. The normalized spacial score (nSPS) is 11.2. The molecule has 1 N–H and O–H groups in total. The first-order valence-electron chi connectivity index (χ1n) is 6.11. The summed E-state index contributed by atoms with van der Waals surface area (Å²) in [6.45, 7) is 6.50. The molecule has 2 heterocycles. The molecule has 0 unspecified atom stereocenters. The standard InChI is InChI=1S/C12H17N5O2/c1-8(2)5-16(6-11(18)19)10-4-9(3)15-12-13-7-14-17(10)12/h4,7-8H,5-6H2,1-3H3,(H,18,19). The number of carbonyl (C=O) groups is 1. The van der Waals surface area contributed by atoms with E-state index in [9.17, 15) is 4.79 Å². The van der Waals surface area contributed by atoms with E-state index in [2.05, 4.69) is 15.1 Å². The quantitative estimate of drug-likeness (QED) is 0.865. The van der Waals surface area contributed by atoms with Crippen LogP contribution in [0.2, 0.25) is 0 Å². The average molecular weight is 263 g/mol. The molecule has 0 aromatic carbocycles. The molecule has 102 valence electrons. The first kappa shape index (κ1) is 13.3. The first-order chi connectivity index (χ1) is 8.97. The number of anilines is 1. The van der Waals surface area contributed by atoms with E-state index in [0.717, 1.165) is 5.69 Å². The van der Waals surface area contributed by atoms with Gasteiger partial charge in [-0.1, -0.05) is 13.8 Å². The van der Waals surface area contributed by atoms with Gasteiger partial charge in [-0.25, -0.2) is 4.98 Å². The summed E-state index contributed by atoms with van der Waals surface area (Å²) < 4.78 is 1.57. The Morgan fingerprint density at radius 1 is 1.53 bits per heavy atom. The van der Waals surface area contributed by atoms with Crippen LogP contribution in [0.3, 0.4) is 0 Å². The number of carboxylic acid groups (broad SMARTS) is 1. The molecule has 0 amide bonds. The second-order valence-corrected chi connectivity index (χ2v) is 4.90. The molecule has 0 saturated carbocycles. The van der Waals surface area contributed by atoms with Gasteiger partial charge in [0.1, 0.15) is 18.7 Å². The van der Waals surface area contributed by atoms with Crippen molar-refractivity contribution in [2.75, 3.05) is 18.0 Å². The fourth-order valence-corrected chi connectivity index (χ4v) is 1.98. The lowest BCUT2D eigenvalue weighted by atomic mass is 10.2. The monoisotopic (exact) mass is 263 g/mol. The molecule has 0 radical (unpaired) electrons. The van der Waals surface area contributed by atoms with Gasteiger partial charge in [0.2, 0.25) is 0 Å². The Morgan fingerprint density at radius 2 is 2.26 bits per heavy atom. The number of fused-ring (bicyclic) bond motifs is 1. The molecule has 0 atom stereocenters. The summed E-state index contributed by atoms with van der Waals surface area (Å²) in [5.74, 6) is 0.653. The lowest BCUT2D eigenvalue weighted by Gasteiger charge is -2.25. The highest BCUT2D eigenvalue weighted by Gasteiger charge is 2.17. The Kier molecular flexibility index (Phi) is 3.64. The van der Waals surface area contributed by atoms with Crippen molar-refractivity contribution < 1.29 is 9.90 Å². The van der Waals surface area contributed by atoms with E-state index < -0.39 is 5.97 Å². The van der Waals surface area contributed by atoms with Gasteiger partial charge in [0.15, 0.2) is 0 Å². The van der Waals surface area contributed by atoms with Crippen LogP contribution in [-0.2, 0) is 4.79 Å².